The predicted molar refractivity (Wildman–Crippen MR) is 101 cm³/mol. The van der Waals surface area contributed by atoms with Gasteiger partial charge in [0.2, 0.25) is 21.8 Å². The minimum atomic E-state index is -3.53. The molecule has 27 heavy (non-hydrogen) atoms. The van der Waals surface area contributed by atoms with Gasteiger partial charge in [0.1, 0.15) is 0 Å². The molecule has 3 rings (SSSR count). The predicted octanol–water partition coefficient (Wildman–Crippen LogP) is 1.26. The van der Waals surface area contributed by atoms with E-state index in [1.807, 2.05) is 30.3 Å². The maximum absolute atomic E-state index is 12.5. The number of carbonyl (C=O) groups is 2. The van der Waals surface area contributed by atoms with E-state index in [2.05, 4.69) is 10.0 Å². The SMILES string of the molecule is CNS(=O)(=O)c1cccc(CNC(=O)C2CC(=O)N(c3ccccc3)C2)c1. The van der Waals surface area contributed by atoms with Crippen molar-refractivity contribution in [2.24, 2.45) is 5.92 Å². The van der Waals surface area contributed by atoms with Crippen molar-refractivity contribution >= 4 is 27.5 Å². The second-order valence-electron chi connectivity index (χ2n) is 6.31. The third kappa shape index (κ3) is 4.35. The Hall–Kier alpha value is -2.71. The van der Waals surface area contributed by atoms with Crippen LogP contribution in [0, 0.1) is 5.92 Å². The van der Waals surface area contributed by atoms with Crippen LogP contribution in [0.15, 0.2) is 59.5 Å². The number of nitrogens with one attached hydrogen (secondary N) is 2. The summed E-state index contributed by atoms with van der Waals surface area (Å²) >= 11 is 0. The zero-order chi connectivity index (χ0) is 19.4. The molecule has 1 aliphatic heterocycles. The summed E-state index contributed by atoms with van der Waals surface area (Å²) in [6.07, 6.45) is 0.162. The van der Waals surface area contributed by atoms with Crippen molar-refractivity contribution in [2.75, 3.05) is 18.5 Å². The highest BCUT2D eigenvalue weighted by Crippen LogP contribution is 2.25. The minimum absolute atomic E-state index is 0.0801. The zero-order valence-electron chi connectivity index (χ0n) is 14.9. The van der Waals surface area contributed by atoms with Crippen LogP contribution in [-0.4, -0.2) is 33.8 Å². The van der Waals surface area contributed by atoms with Crippen molar-refractivity contribution in [1.82, 2.24) is 10.0 Å². The van der Waals surface area contributed by atoms with Gasteiger partial charge in [-0.1, -0.05) is 30.3 Å². The fraction of sp³-hybridized carbons (Fsp3) is 0.263. The molecule has 1 saturated heterocycles. The van der Waals surface area contributed by atoms with Crippen LogP contribution in [0.5, 0.6) is 0 Å². The van der Waals surface area contributed by atoms with Gasteiger partial charge in [-0.2, -0.15) is 0 Å². The van der Waals surface area contributed by atoms with Gasteiger partial charge in [0.05, 0.1) is 10.8 Å². The van der Waals surface area contributed by atoms with E-state index in [-0.39, 0.29) is 29.7 Å². The molecule has 8 heteroatoms. The number of anilines is 1. The topological polar surface area (TPSA) is 95.6 Å². The summed E-state index contributed by atoms with van der Waals surface area (Å²) in [6.45, 7) is 0.533. The van der Waals surface area contributed by atoms with E-state index in [4.69, 9.17) is 0 Å². The average molecular weight is 387 g/mol. The number of rotatable bonds is 6. The Morgan fingerprint density at radius 3 is 2.59 bits per heavy atom. The lowest BCUT2D eigenvalue weighted by Gasteiger charge is -2.16. The van der Waals surface area contributed by atoms with E-state index < -0.39 is 15.9 Å². The number of para-hydroxylation sites is 1. The molecule has 2 N–H and O–H groups in total. The van der Waals surface area contributed by atoms with E-state index in [1.165, 1.54) is 19.2 Å². The van der Waals surface area contributed by atoms with Crippen molar-refractivity contribution in [1.29, 1.82) is 0 Å². The molecule has 1 fully saturated rings. The highest BCUT2D eigenvalue weighted by atomic mass is 32.2. The largest absolute Gasteiger partial charge is 0.352 e. The number of benzene rings is 2. The molecule has 0 aromatic heterocycles. The molecular weight excluding hydrogens is 366 g/mol. The number of sulfonamides is 1. The molecule has 7 nitrogen and oxygen atoms in total. The second kappa shape index (κ2) is 7.89. The first-order valence-electron chi connectivity index (χ1n) is 8.56. The van der Waals surface area contributed by atoms with Gasteiger partial charge in [-0.3, -0.25) is 9.59 Å². The van der Waals surface area contributed by atoms with Gasteiger partial charge in [-0.25, -0.2) is 13.1 Å². The van der Waals surface area contributed by atoms with Crippen LogP contribution >= 0.6 is 0 Å². The molecule has 2 aromatic rings. The molecule has 0 aliphatic carbocycles. The van der Waals surface area contributed by atoms with Gasteiger partial charge in [-0.15, -0.1) is 0 Å². The molecule has 1 unspecified atom stereocenters. The first-order chi connectivity index (χ1) is 12.9. The number of amides is 2. The lowest BCUT2D eigenvalue weighted by Crippen LogP contribution is -2.32. The quantitative estimate of drug-likeness (QED) is 0.780. The molecule has 142 valence electrons. The van der Waals surface area contributed by atoms with Crippen molar-refractivity contribution in [3.05, 3.63) is 60.2 Å². The summed E-state index contributed by atoms with van der Waals surface area (Å²) in [6, 6.07) is 15.6. The maximum Gasteiger partial charge on any atom is 0.240 e. The smallest absolute Gasteiger partial charge is 0.240 e. The fourth-order valence-electron chi connectivity index (χ4n) is 3.01. The lowest BCUT2D eigenvalue weighted by atomic mass is 10.1. The van der Waals surface area contributed by atoms with Crippen LogP contribution < -0.4 is 14.9 Å². The first-order valence-corrected chi connectivity index (χ1v) is 10.0. The Balaban J connectivity index is 1.62. The standard InChI is InChI=1S/C19H21N3O4S/c1-20-27(25,26)17-9-5-6-14(10-17)12-21-19(24)15-11-18(23)22(13-15)16-7-3-2-4-8-16/h2-10,15,20H,11-13H2,1H3,(H,21,24). The summed E-state index contributed by atoms with van der Waals surface area (Å²) in [5.74, 6) is -0.728. The van der Waals surface area contributed by atoms with Gasteiger partial charge in [0, 0.05) is 25.2 Å². The van der Waals surface area contributed by atoms with Crippen molar-refractivity contribution in [3.63, 3.8) is 0 Å². The molecule has 2 amide bonds. The monoisotopic (exact) mass is 387 g/mol. The first kappa shape index (κ1) is 19.1. The molecule has 0 spiro atoms. The molecular formula is C19H21N3O4S. The van der Waals surface area contributed by atoms with Gasteiger partial charge >= 0.3 is 0 Å². The van der Waals surface area contributed by atoms with Crippen LogP contribution in [0.4, 0.5) is 5.69 Å². The minimum Gasteiger partial charge on any atom is -0.352 e. The number of hydrogen-bond donors (Lipinski definition) is 2. The molecule has 1 atom stereocenters. The Morgan fingerprint density at radius 1 is 1.15 bits per heavy atom. The Kier molecular flexibility index (Phi) is 5.57. The van der Waals surface area contributed by atoms with E-state index >= 15 is 0 Å². The van der Waals surface area contributed by atoms with Crippen molar-refractivity contribution < 1.29 is 18.0 Å². The number of carbonyl (C=O) groups excluding carboxylic acids is 2. The highest BCUT2D eigenvalue weighted by molar-refractivity contribution is 7.89. The summed E-state index contributed by atoms with van der Waals surface area (Å²) in [5, 5.41) is 2.80. The Labute approximate surface area is 158 Å². The number of hydrogen-bond acceptors (Lipinski definition) is 4. The van der Waals surface area contributed by atoms with Crippen molar-refractivity contribution in [3.8, 4) is 0 Å². The zero-order valence-corrected chi connectivity index (χ0v) is 15.7. The van der Waals surface area contributed by atoms with Crippen LogP contribution in [0.1, 0.15) is 12.0 Å². The molecule has 0 bridgehead atoms. The molecule has 0 saturated carbocycles. The van der Waals surface area contributed by atoms with Crippen molar-refractivity contribution in [2.45, 2.75) is 17.9 Å². The summed E-state index contributed by atoms with van der Waals surface area (Å²) in [4.78, 5) is 26.4. The van der Waals surface area contributed by atoms with E-state index in [0.717, 1.165) is 5.69 Å². The molecule has 0 radical (unpaired) electrons. The van der Waals surface area contributed by atoms with Crippen LogP contribution in [0.2, 0.25) is 0 Å². The lowest BCUT2D eigenvalue weighted by molar-refractivity contribution is -0.126. The summed E-state index contributed by atoms with van der Waals surface area (Å²) in [5.41, 5.74) is 1.45. The van der Waals surface area contributed by atoms with Gasteiger partial charge in [0.15, 0.2) is 0 Å². The van der Waals surface area contributed by atoms with E-state index in [0.29, 0.717) is 12.1 Å². The highest BCUT2D eigenvalue weighted by Gasteiger charge is 2.34. The summed E-state index contributed by atoms with van der Waals surface area (Å²) in [7, 11) is -2.19. The molecule has 1 heterocycles. The van der Waals surface area contributed by atoms with Crippen LogP contribution in [-0.2, 0) is 26.2 Å². The fourth-order valence-corrected chi connectivity index (χ4v) is 3.81. The van der Waals surface area contributed by atoms with Gasteiger partial charge < -0.3 is 10.2 Å². The van der Waals surface area contributed by atoms with Gasteiger partial charge in [-0.05, 0) is 36.9 Å². The summed E-state index contributed by atoms with van der Waals surface area (Å²) < 4.78 is 26.0. The third-order valence-electron chi connectivity index (χ3n) is 4.51. The normalized spacial score (nSPS) is 17.1. The second-order valence-corrected chi connectivity index (χ2v) is 8.20. The van der Waals surface area contributed by atoms with Crippen LogP contribution in [0.25, 0.3) is 0 Å². The van der Waals surface area contributed by atoms with E-state index in [9.17, 15) is 18.0 Å². The Morgan fingerprint density at radius 2 is 1.89 bits per heavy atom. The Bertz CT molecular complexity index is 944. The van der Waals surface area contributed by atoms with Crippen LogP contribution in [0.3, 0.4) is 0 Å². The average Bonchev–Trinajstić information content (AvgIpc) is 3.09. The maximum atomic E-state index is 12.5. The number of nitrogens with zero attached hydrogens (tertiary/aromatic N) is 1. The molecule has 2 aromatic carbocycles. The third-order valence-corrected chi connectivity index (χ3v) is 5.92. The van der Waals surface area contributed by atoms with Gasteiger partial charge in [0.25, 0.3) is 0 Å². The molecule has 1 aliphatic rings. The van der Waals surface area contributed by atoms with E-state index in [1.54, 1.807) is 17.0 Å².